The van der Waals surface area contributed by atoms with Crippen molar-refractivity contribution in [1.82, 2.24) is 0 Å². The van der Waals surface area contributed by atoms with Gasteiger partial charge in [0, 0.05) is 0 Å². The van der Waals surface area contributed by atoms with Crippen molar-refractivity contribution < 1.29 is 13.0 Å². The Morgan fingerprint density at radius 2 is 1.33 bits per heavy atom. The molecule has 0 unspecified atom stereocenters. The zero-order valence-electron chi connectivity index (χ0n) is 15.7. The Morgan fingerprint density at radius 3 is 1.75 bits per heavy atom. The molecule has 0 radical (unpaired) electrons. The van der Waals surface area contributed by atoms with Crippen molar-refractivity contribution in [1.29, 1.82) is 0 Å². The second-order valence-corrected chi connectivity index (χ2v) is 10.2. The van der Waals surface area contributed by atoms with Gasteiger partial charge < -0.3 is 4.55 Å². The predicted octanol–water partition coefficient (Wildman–Crippen LogP) is 4.90. The summed E-state index contributed by atoms with van der Waals surface area (Å²) in [6.45, 7) is 4.10. The quantitative estimate of drug-likeness (QED) is 0.332. The lowest BCUT2D eigenvalue weighted by molar-refractivity contribution is 0.463. The Bertz CT molecular complexity index is 508. The largest absolute Gasteiger partial charge is 0.744 e. The Hall–Kier alpha value is -0.520. The van der Waals surface area contributed by atoms with Crippen molar-refractivity contribution in [3.63, 3.8) is 0 Å². The minimum Gasteiger partial charge on any atom is -0.744 e. The molecule has 0 aliphatic rings. The number of rotatable bonds is 10. The smallest absolute Gasteiger partial charge is 0.124 e. The molecule has 0 fully saturated rings. The Labute approximate surface area is 152 Å². The lowest BCUT2D eigenvalue weighted by Crippen LogP contribution is -2.00. The van der Waals surface area contributed by atoms with Crippen molar-refractivity contribution in [3.8, 4) is 0 Å². The van der Waals surface area contributed by atoms with Gasteiger partial charge in [-0.3, -0.25) is 0 Å². The van der Waals surface area contributed by atoms with Crippen LogP contribution in [0.5, 0.6) is 0 Å². The van der Waals surface area contributed by atoms with Gasteiger partial charge in [-0.05, 0) is 42.8 Å². The van der Waals surface area contributed by atoms with Gasteiger partial charge in [-0.15, -0.1) is 0 Å². The van der Waals surface area contributed by atoms with E-state index in [4.69, 9.17) is 0 Å². The molecule has 0 saturated carbocycles. The highest BCUT2D eigenvalue weighted by atomic mass is 32.2. The highest BCUT2D eigenvalue weighted by Gasteiger charge is 2.00. The summed E-state index contributed by atoms with van der Waals surface area (Å²) in [5.41, 5.74) is 0.928. The van der Waals surface area contributed by atoms with E-state index in [0.29, 0.717) is 10.9 Å². The van der Waals surface area contributed by atoms with Crippen molar-refractivity contribution in [3.05, 3.63) is 29.8 Å². The average Bonchev–Trinajstić information content (AvgIpc) is 2.50. The summed E-state index contributed by atoms with van der Waals surface area (Å²) in [7, 11) is -3.60. The molecule has 1 aromatic carbocycles. The van der Waals surface area contributed by atoms with E-state index in [0.717, 1.165) is 5.56 Å². The minimum absolute atomic E-state index is 0.178. The predicted molar refractivity (Wildman–Crippen MR) is 106 cm³/mol. The molecule has 1 rings (SSSR count). The molecule has 140 valence electrons. The lowest BCUT2D eigenvalue weighted by atomic mass is 10.1. The van der Waals surface area contributed by atoms with Crippen molar-refractivity contribution in [2.75, 3.05) is 18.3 Å². The Kier molecular flexibility index (Phi) is 13.4. The Morgan fingerprint density at radius 1 is 0.875 bits per heavy atom. The summed E-state index contributed by atoms with van der Waals surface area (Å²) < 4.78 is 31.2. The first-order valence-corrected chi connectivity index (χ1v) is 12.5. The number of unbranched alkanes of at least 4 members (excludes halogenated alkanes) is 7. The van der Waals surface area contributed by atoms with Gasteiger partial charge >= 0.3 is 0 Å². The van der Waals surface area contributed by atoms with E-state index in [1.165, 1.54) is 69.3 Å². The second-order valence-electron chi connectivity index (χ2n) is 6.43. The van der Waals surface area contributed by atoms with Crippen LogP contribution in [-0.2, 0) is 21.0 Å². The fourth-order valence-electron chi connectivity index (χ4n) is 2.23. The van der Waals surface area contributed by atoms with Gasteiger partial charge in [0.15, 0.2) is 0 Å². The van der Waals surface area contributed by atoms with Crippen LogP contribution >= 0.6 is 0 Å². The maximum Gasteiger partial charge on any atom is 0.124 e. The van der Waals surface area contributed by atoms with Crippen LogP contribution in [0.3, 0.4) is 0 Å². The molecule has 0 heterocycles. The molecule has 0 bridgehead atoms. The normalized spacial score (nSPS) is 11.2. The van der Waals surface area contributed by atoms with Crippen molar-refractivity contribution >= 4 is 21.0 Å². The van der Waals surface area contributed by atoms with Gasteiger partial charge in [-0.2, -0.15) is 0 Å². The first-order valence-electron chi connectivity index (χ1n) is 8.84. The molecule has 0 spiro atoms. The van der Waals surface area contributed by atoms with E-state index in [-0.39, 0.29) is 4.90 Å². The minimum atomic E-state index is -4.27. The molecule has 5 heteroatoms. The SMILES string of the molecule is CCCCCCCCCC[S+](C)C.Cc1ccc(S(=O)(=O)[O-])cc1. The summed E-state index contributed by atoms with van der Waals surface area (Å²) in [6, 6.07) is 5.78. The number of benzene rings is 1. The van der Waals surface area contributed by atoms with Crippen LogP contribution in [0, 0.1) is 6.92 Å². The van der Waals surface area contributed by atoms with Crippen molar-refractivity contribution in [2.24, 2.45) is 0 Å². The molecule has 0 saturated heterocycles. The molecule has 3 nitrogen and oxygen atoms in total. The molecular formula is C19H34O3S2. The molecule has 0 amide bonds. The maximum absolute atomic E-state index is 10.4. The molecule has 0 N–H and O–H groups in total. The topological polar surface area (TPSA) is 57.2 Å². The fraction of sp³-hybridized carbons (Fsp3) is 0.684. The summed E-state index contributed by atoms with van der Waals surface area (Å²) in [4.78, 5) is -0.178. The maximum atomic E-state index is 10.4. The second kappa shape index (κ2) is 13.7. The molecule has 24 heavy (non-hydrogen) atoms. The molecule has 0 aromatic heterocycles. The molecule has 1 aromatic rings. The molecule has 0 aliphatic heterocycles. The van der Waals surface area contributed by atoms with Crippen LogP contribution < -0.4 is 0 Å². The summed E-state index contributed by atoms with van der Waals surface area (Å²) in [5.74, 6) is 1.45. The third kappa shape index (κ3) is 13.9. The van der Waals surface area contributed by atoms with E-state index < -0.39 is 10.1 Å². The van der Waals surface area contributed by atoms with Gasteiger partial charge in [-0.25, -0.2) is 8.42 Å². The van der Waals surface area contributed by atoms with E-state index in [2.05, 4.69) is 19.4 Å². The standard InChI is InChI=1S/C12H27S.C7H8O3S/c1-4-5-6-7-8-9-10-11-12-13(2)3;1-6-2-4-7(5-3-6)11(8,9)10/h4-12H2,1-3H3;2-5H,1H3,(H,8,9,10)/q+1;/p-1. The van der Waals surface area contributed by atoms with Gasteiger partial charge in [-0.1, -0.05) is 63.1 Å². The zero-order chi connectivity index (χ0) is 18.4. The summed E-state index contributed by atoms with van der Waals surface area (Å²) in [5, 5.41) is 0. The third-order valence-electron chi connectivity index (χ3n) is 3.72. The number of hydrogen-bond acceptors (Lipinski definition) is 3. The third-order valence-corrected chi connectivity index (χ3v) is 5.67. The average molecular weight is 375 g/mol. The highest BCUT2D eigenvalue weighted by Crippen LogP contribution is 2.09. The first kappa shape index (κ1) is 23.5. The van der Waals surface area contributed by atoms with Gasteiger partial charge in [0.1, 0.15) is 15.9 Å². The Balaban J connectivity index is 0.000000446. The van der Waals surface area contributed by atoms with Crippen LogP contribution in [0.4, 0.5) is 0 Å². The van der Waals surface area contributed by atoms with Gasteiger partial charge in [0.25, 0.3) is 0 Å². The lowest BCUT2D eigenvalue weighted by Gasteiger charge is -2.05. The van der Waals surface area contributed by atoms with Crippen LogP contribution in [0.25, 0.3) is 0 Å². The van der Waals surface area contributed by atoms with Crippen LogP contribution in [0.2, 0.25) is 0 Å². The zero-order valence-corrected chi connectivity index (χ0v) is 17.3. The van der Waals surface area contributed by atoms with Crippen LogP contribution in [-0.4, -0.2) is 31.2 Å². The molecule has 0 atom stereocenters. The fourth-order valence-corrected chi connectivity index (χ4v) is 3.48. The highest BCUT2D eigenvalue weighted by molar-refractivity contribution is 7.95. The number of aryl methyl sites for hydroxylation is 1. The van der Waals surface area contributed by atoms with Gasteiger partial charge in [0.2, 0.25) is 0 Å². The van der Waals surface area contributed by atoms with Crippen LogP contribution in [0.1, 0.15) is 63.9 Å². The molecular weight excluding hydrogens is 340 g/mol. The van der Waals surface area contributed by atoms with Crippen molar-refractivity contribution in [2.45, 2.75) is 70.1 Å². The first-order chi connectivity index (χ1) is 11.3. The monoisotopic (exact) mass is 374 g/mol. The van der Waals surface area contributed by atoms with Gasteiger partial charge in [0.05, 0.1) is 17.4 Å². The van der Waals surface area contributed by atoms with Crippen LogP contribution in [0.15, 0.2) is 29.2 Å². The summed E-state index contributed by atoms with van der Waals surface area (Å²) >= 11 is 0. The summed E-state index contributed by atoms with van der Waals surface area (Å²) in [6.07, 6.45) is 16.3. The van der Waals surface area contributed by atoms with E-state index in [1.54, 1.807) is 12.1 Å². The van der Waals surface area contributed by atoms with E-state index in [1.807, 2.05) is 6.92 Å². The van der Waals surface area contributed by atoms with E-state index in [9.17, 15) is 13.0 Å². The number of hydrogen-bond donors (Lipinski definition) is 0. The molecule has 0 aliphatic carbocycles. The van der Waals surface area contributed by atoms with E-state index >= 15 is 0 Å².